The Labute approximate surface area is 103 Å². The molecule has 1 amide bonds. The van der Waals surface area contributed by atoms with Crippen LogP contribution >= 0.6 is 0 Å². The van der Waals surface area contributed by atoms with Crippen molar-refractivity contribution in [3.05, 3.63) is 0 Å². The Balaban J connectivity index is 1.81. The first-order valence-electron chi connectivity index (χ1n) is 6.79. The summed E-state index contributed by atoms with van der Waals surface area (Å²) in [5.41, 5.74) is -0.361. The second kappa shape index (κ2) is 5.36. The zero-order chi connectivity index (χ0) is 12.3. The maximum absolute atomic E-state index is 11.8. The Bertz CT molecular complexity index is 279. The highest BCUT2D eigenvalue weighted by atomic mass is 16.3. The third-order valence-corrected chi connectivity index (χ3v) is 3.93. The zero-order valence-electron chi connectivity index (χ0n) is 10.7. The molecule has 0 radical (unpaired) electrons. The number of nitrogens with one attached hydrogen (secondary N) is 2. The summed E-state index contributed by atoms with van der Waals surface area (Å²) in [7, 11) is 0. The standard InChI is InChI=1S/C13H24N2O2/c1-10-3-2-6-13(7-10,9-16)15-12(17)8-14-11-4-5-11/h10-11,14,16H,2-9H2,1H3,(H,15,17). The molecule has 2 rings (SSSR count). The van der Waals surface area contributed by atoms with E-state index in [9.17, 15) is 9.90 Å². The molecule has 4 nitrogen and oxygen atoms in total. The van der Waals surface area contributed by atoms with Crippen LogP contribution in [0, 0.1) is 5.92 Å². The number of hydrogen-bond acceptors (Lipinski definition) is 3. The summed E-state index contributed by atoms with van der Waals surface area (Å²) in [4.78, 5) is 11.8. The molecule has 4 heteroatoms. The molecule has 2 fully saturated rings. The van der Waals surface area contributed by atoms with Gasteiger partial charge < -0.3 is 15.7 Å². The first kappa shape index (κ1) is 12.8. The molecule has 0 aliphatic heterocycles. The van der Waals surface area contributed by atoms with Gasteiger partial charge in [-0.3, -0.25) is 4.79 Å². The highest BCUT2D eigenvalue weighted by Crippen LogP contribution is 2.31. The van der Waals surface area contributed by atoms with E-state index in [0.29, 0.717) is 18.5 Å². The molecule has 98 valence electrons. The number of carbonyl (C=O) groups excluding carboxylic acids is 1. The molecule has 2 unspecified atom stereocenters. The first-order chi connectivity index (χ1) is 8.13. The SMILES string of the molecule is CC1CCCC(CO)(NC(=O)CNC2CC2)C1. The van der Waals surface area contributed by atoms with Crippen molar-refractivity contribution in [1.82, 2.24) is 10.6 Å². The molecule has 2 aliphatic rings. The lowest BCUT2D eigenvalue weighted by Crippen LogP contribution is -2.55. The van der Waals surface area contributed by atoms with Gasteiger partial charge in [0.15, 0.2) is 0 Å². The number of aliphatic hydroxyl groups is 1. The van der Waals surface area contributed by atoms with Crippen molar-refractivity contribution < 1.29 is 9.90 Å². The molecule has 2 aliphatic carbocycles. The minimum absolute atomic E-state index is 0.0278. The molecule has 2 atom stereocenters. The van der Waals surface area contributed by atoms with Crippen molar-refractivity contribution in [1.29, 1.82) is 0 Å². The van der Waals surface area contributed by atoms with Gasteiger partial charge in [-0.1, -0.05) is 19.8 Å². The van der Waals surface area contributed by atoms with E-state index < -0.39 is 0 Å². The van der Waals surface area contributed by atoms with E-state index in [1.807, 2.05) is 0 Å². The van der Waals surface area contributed by atoms with Crippen LogP contribution in [0.3, 0.4) is 0 Å². The van der Waals surface area contributed by atoms with Crippen molar-refractivity contribution in [2.45, 2.75) is 57.0 Å². The highest BCUT2D eigenvalue weighted by Gasteiger charge is 2.35. The van der Waals surface area contributed by atoms with Crippen LogP contribution in [-0.4, -0.2) is 35.7 Å². The lowest BCUT2D eigenvalue weighted by molar-refractivity contribution is -0.123. The van der Waals surface area contributed by atoms with Gasteiger partial charge in [-0.15, -0.1) is 0 Å². The van der Waals surface area contributed by atoms with E-state index in [1.54, 1.807) is 0 Å². The predicted molar refractivity (Wildman–Crippen MR) is 66.6 cm³/mol. The number of carbonyl (C=O) groups is 1. The number of aliphatic hydroxyl groups excluding tert-OH is 1. The highest BCUT2D eigenvalue weighted by molar-refractivity contribution is 5.79. The molecular formula is C13H24N2O2. The van der Waals surface area contributed by atoms with Gasteiger partial charge in [0.2, 0.25) is 5.91 Å². The lowest BCUT2D eigenvalue weighted by atomic mass is 9.77. The molecule has 0 saturated heterocycles. The van der Waals surface area contributed by atoms with E-state index in [4.69, 9.17) is 0 Å². The van der Waals surface area contributed by atoms with Crippen LogP contribution in [0.2, 0.25) is 0 Å². The largest absolute Gasteiger partial charge is 0.394 e. The Hall–Kier alpha value is -0.610. The quantitative estimate of drug-likeness (QED) is 0.666. The van der Waals surface area contributed by atoms with Gasteiger partial charge in [-0.05, 0) is 31.6 Å². The summed E-state index contributed by atoms with van der Waals surface area (Å²) >= 11 is 0. The minimum Gasteiger partial charge on any atom is -0.394 e. The average Bonchev–Trinajstić information content (AvgIpc) is 3.10. The van der Waals surface area contributed by atoms with Gasteiger partial charge >= 0.3 is 0 Å². The summed E-state index contributed by atoms with van der Waals surface area (Å²) in [5.74, 6) is 0.618. The summed E-state index contributed by atoms with van der Waals surface area (Å²) in [6.07, 6.45) is 6.49. The van der Waals surface area contributed by atoms with Crippen molar-refractivity contribution in [3.63, 3.8) is 0 Å². The minimum atomic E-state index is -0.361. The fourth-order valence-corrected chi connectivity index (χ4v) is 2.82. The summed E-state index contributed by atoms with van der Waals surface area (Å²) in [6.45, 7) is 2.64. The van der Waals surface area contributed by atoms with Crippen molar-refractivity contribution >= 4 is 5.91 Å². The predicted octanol–water partition coefficient (Wildman–Crippen LogP) is 0.796. The van der Waals surface area contributed by atoms with Crippen molar-refractivity contribution in [2.75, 3.05) is 13.2 Å². The third-order valence-electron chi connectivity index (χ3n) is 3.93. The topological polar surface area (TPSA) is 61.4 Å². The van der Waals surface area contributed by atoms with Crippen molar-refractivity contribution in [3.8, 4) is 0 Å². The lowest BCUT2D eigenvalue weighted by Gasteiger charge is -2.39. The van der Waals surface area contributed by atoms with E-state index >= 15 is 0 Å². The molecule has 0 aromatic carbocycles. The number of amides is 1. The summed E-state index contributed by atoms with van der Waals surface area (Å²) in [5, 5.41) is 15.8. The molecule has 0 aromatic heterocycles. The van der Waals surface area contributed by atoms with Crippen LogP contribution < -0.4 is 10.6 Å². The molecule has 0 bridgehead atoms. The van der Waals surface area contributed by atoms with Crippen LogP contribution in [0.25, 0.3) is 0 Å². The van der Waals surface area contributed by atoms with Crippen LogP contribution in [0.5, 0.6) is 0 Å². The van der Waals surface area contributed by atoms with Gasteiger partial charge in [0.1, 0.15) is 0 Å². The van der Waals surface area contributed by atoms with Crippen LogP contribution in [0.1, 0.15) is 45.4 Å². The van der Waals surface area contributed by atoms with Crippen molar-refractivity contribution in [2.24, 2.45) is 5.92 Å². The van der Waals surface area contributed by atoms with E-state index in [0.717, 1.165) is 19.3 Å². The maximum atomic E-state index is 11.8. The maximum Gasteiger partial charge on any atom is 0.234 e. The van der Waals surface area contributed by atoms with Gasteiger partial charge in [-0.25, -0.2) is 0 Å². The van der Waals surface area contributed by atoms with E-state index in [-0.39, 0.29) is 18.1 Å². The van der Waals surface area contributed by atoms with E-state index in [2.05, 4.69) is 17.6 Å². The van der Waals surface area contributed by atoms with Crippen LogP contribution in [0.15, 0.2) is 0 Å². The summed E-state index contributed by atoms with van der Waals surface area (Å²) in [6, 6.07) is 0.552. The molecule has 0 heterocycles. The molecular weight excluding hydrogens is 216 g/mol. The third kappa shape index (κ3) is 3.68. The average molecular weight is 240 g/mol. The van der Waals surface area contributed by atoms with Crippen LogP contribution in [0.4, 0.5) is 0 Å². The van der Waals surface area contributed by atoms with E-state index in [1.165, 1.54) is 19.3 Å². The molecule has 17 heavy (non-hydrogen) atoms. The second-order valence-corrected chi connectivity index (χ2v) is 5.84. The number of rotatable bonds is 5. The Morgan fingerprint density at radius 2 is 2.18 bits per heavy atom. The van der Waals surface area contributed by atoms with Crippen LogP contribution in [-0.2, 0) is 4.79 Å². The van der Waals surface area contributed by atoms with Gasteiger partial charge in [0.25, 0.3) is 0 Å². The first-order valence-corrected chi connectivity index (χ1v) is 6.79. The summed E-state index contributed by atoms with van der Waals surface area (Å²) < 4.78 is 0. The fourth-order valence-electron chi connectivity index (χ4n) is 2.82. The van der Waals surface area contributed by atoms with Gasteiger partial charge in [-0.2, -0.15) is 0 Å². The molecule has 0 spiro atoms. The smallest absolute Gasteiger partial charge is 0.234 e. The molecule has 3 N–H and O–H groups in total. The normalized spacial score (nSPS) is 33.4. The Morgan fingerprint density at radius 3 is 2.76 bits per heavy atom. The zero-order valence-corrected chi connectivity index (χ0v) is 10.7. The fraction of sp³-hybridized carbons (Fsp3) is 0.923. The molecule has 2 saturated carbocycles. The Kier molecular flexibility index (Phi) is 4.05. The van der Waals surface area contributed by atoms with Gasteiger partial charge in [0.05, 0.1) is 18.7 Å². The number of hydrogen-bond donors (Lipinski definition) is 3. The molecule has 0 aromatic rings. The second-order valence-electron chi connectivity index (χ2n) is 5.84. The Morgan fingerprint density at radius 1 is 1.41 bits per heavy atom. The van der Waals surface area contributed by atoms with Gasteiger partial charge in [0, 0.05) is 6.04 Å². The monoisotopic (exact) mass is 240 g/mol.